The van der Waals surface area contributed by atoms with Crippen LogP contribution in [0.25, 0.3) is 11.0 Å². The van der Waals surface area contributed by atoms with Gasteiger partial charge in [-0.05, 0) is 19.2 Å². The predicted molar refractivity (Wildman–Crippen MR) is 69.6 cm³/mol. The van der Waals surface area contributed by atoms with Crippen LogP contribution < -0.4 is 0 Å². The van der Waals surface area contributed by atoms with Crippen LogP contribution in [0.4, 0.5) is 4.79 Å². The monoisotopic (exact) mass is 244 g/mol. The zero-order valence-electron chi connectivity index (χ0n) is 10.4. The zero-order chi connectivity index (χ0) is 12.5. The summed E-state index contributed by atoms with van der Waals surface area (Å²) in [5, 5.41) is 0. The number of piperazine rings is 1. The van der Waals surface area contributed by atoms with Gasteiger partial charge in [0.2, 0.25) is 0 Å². The molecule has 1 aliphatic rings. The fraction of sp³-hybridized carbons (Fsp3) is 0.385. The van der Waals surface area contributed by atoms with Gasteiger partial charge in [-0.1, -0.05) is 12.1 Å². The van der Waals surface area contributed by atoms with Crippen molar-refractivity contribution in [2.75, 3.05) is 33.2 Å². The zero-order valence-corrected chi connectivity index (χ0v) is 10.4. The highest BCUT2D eigenvalue weighted by molar-refractivity contribution is 5.89. The molecule has 0 aliphatic carbocycles. The number of nitrogens with zero attached hydrogens (tertiary/aromatic N) is 4. The highest BCUT2D eigenvalue weighted by Gasteiger charge is 2.21. The maximum absolute atomic E-state index is 12.4. The van der Waals surface area contributed by atoms with Gasteiger partial charge in [0, 0.05) is 26.2 Å². The number of imidazole rings is 1. The van der Waals surface area contributed by atoms with Gasteiger partial charge in [-0.3, -0.25) is 4.57 Å². The SMILES string of the molecule is CN1CCN(C(=O)n2cnc3ccccc32)CC1. The van der Waals surface area contributed by atoms with E-state index in [1.165, 1.54) is 0 Å². The molecule has 94 valence electrons. The quantitative estimate of drug-likeness (QED) is 0.700. The Hall–Kier alpha value is -1.88. The molecule has 0 atom stereocenters. The first-order chi connectivity index (χ1) is 8.75. The summed E-state index contributed by atoms with van der Waals surface area (Å²) < 4.78 is 1.64. The van der Waals surface area contributed by atoms with Crippen molar-refractivity contribution in [2.45, 2.75) is 0 Å². The molecular formula is C13H16N4O. The van der Waals surface area contributed by atoms with Crippen molar-refractivity contribution in [1.82, 2.24) is 19.4 Å². The smallest absolute Gasteiger partial charge is 0.321 e. The van der Waals surface area contributed by atoms with E-state index in [0.717, 1.165) is 37.2 Å². The van der Waals surface area contributed by atoms with Crippen LogP contribution in [-0.4, -0.2) is 58.6 Å². The Morgan fingerprint density at radius 2 is 1.89 bits per heavy atom. The molecule has 0 unspecified atom stereocenters. The molecule has 1 amide bonds. The maximum Gasteiger partial charge on any atom is 0.330 e. The fourth-order valence-electron chi connectivity index (χ4n) is 2.26. The molecule has 1 aromatic carbocycles. The molecule has 2 aromatic rings. The van der Waals surface area contributed by atoms with Gasteiger partial charge in [0.15, 0.2) is 0 Å². The van der Waals surface area contributed by atoms with E-state index in [1.807, 2.05) is 29.2 Å². The lowest BCUT2D eigenvalue weighted by Gasteiger charge is -2.32. The molecule has 1 saturated heterocycles. The molecular weight excluding hydrogens is 228 g/mol. The van der Waals surface area contributed by atoms with E-state index in [1.54, 1.807) is 10.9 Å². The number of likely N-dealkylation sites (N-methyl/N-ethyl adjacent to an activating group) is 1. The summed E-state index contributed by atoms with van der Waals surface area (Å²) in [5.41, 5.74) is 1.74. The summed E-state index contributed by atoms with van der Waals surface area (Å²) in [6.45, 7) is 3.42. The Bertz CT molecular complexity index is 569. The molecule has 0 radical (unpaired) electrons. The van der Waals surface area contributed by atoms with Gasteiger partial charge in [0.25, 0.3) is 0 Å². The Morgan fingerprint density at radius 3 is 2.67 bits per heavy atom. The fourth-order valence-corrected chi connectivity index (χ4v) is 2.26. The van der Waals surface area contributed by atoms with Gasteiger partial charge >= 0.3 is 6.03 Å². The maximum atomic E-state index is 12.4. The molecule has 1 aromatic heterocycles. The minimum absolute atomic E-state index is 0.0248. The number of aromatic nitrogens is 2. The van der Waals surface area contributed by atoms with E-state index in [2.05, 4.69) is 16.9 Å². The van der Waals surface area contributed by atoms with Gasteiger partial charge in [-0.15, -0.1) is 0 Å². The number of benzene rings is 1. The van der Waals surface area contributed by atoms with E-state index in [0.29, 0.717) is 0 Å². The molecule has 1 fully saturated rings. The van der Waals surface area contributed by atoms with Crippen LogP contribution in [0.1, 0.15) is 0 Å². The van der Waals surface area contributed by atoms with Crippen LogP contribution in [0.15, 0.2) is 30.6 Å². The summed E-state index contributed by atoms with van der Waals surface area (Å²) in [6, 6.07) is 7.73. The Labute approximate surface area is 106 Å². The Kier molecular flexibility index (Phi) is 2.76. The molecule has 0 N–H and O–H groups in total. The van der Waals surface area contributed by atoms with Gasteiger partial charge < -0.3 is 9.80 Å². The van der Waals surface area contributed by atoms with Crippen molar-refractivity contribution in [3.8, 4) is 0 Å². The van der Waals surface area contributed by atoms with Gasteiger partial charge in [-0.2, -0.15) is 0 Å². The van der Waals surface area contributed by atoms with Crippen molar-refractivity contribution in [2.24, 2.45) is 0 Å². The molecule has 18 heavy (non-hydrogen) atoms. The van der Waals surface area contributed by atoms with Crippen LogP contribution in [0.5, 0.6) is 0 Å². The number of rotatable bonds is 0. The number of amides is 1. The second-order valence-corrected chi connectivity index (χ2v) is 4.68. The van der Waals surface area contributed by atoms with Crippen molar-refractivity contribution >= 4 is 17.1 Å². The van der Waals surface area contributed by atoms with Crippen LogP contribution in [0.2, 0.25) is 0 Å². The van der Waals surface area contributed by atoms with Crippen LogP contribution in [0.3, 0.4) is 0 Å². The number of para-hydroxylation sites is 2. The first kappa shape index (κ1) is 11.2. The van der Waals surface area contributed by atoms with E-state index < -0.39 is 0 Å². The standard InChI is InChI=1S/C13H16N4O/c1-15-6-8-16(9-7-15)13(18)17-10-14-11-4-2-3-5-12(11)17/h2-5,10H,6-9H2,1H3. The molecule has 0 spiro atoms. The van der Waals surface area contributed by atoms with Crippen molar-refractivity contribution in [1.29, 1.82) is 0 Å². The summed E-state index contributed by atoms with van der Waals surface area (Å²) in [7, 11) is 2.08. The van der Waals surface area contributed by atoms with Gasteiger partial charge in [0.05, 0.1) is 11.0 Å². The average Bonchev–Trinajstić information content (AvgIpc) is 2.82. The lowest BCUT2D eigenvalue weighted by molar-refractivity contribution is 0.156. The highest BCUT2D eigenvalue weighted by Crippen LogP contribution is 2.13. The average molecular weight is 244 g/mol. The minimum atomic E-state index is 0.0248. The van der Waals surface area contributed by atoms with Crippen LogP contribution in [-0.2, 0) is 0 Å². The lowest BCUT2D eigenvalue weighted by Crippen LogP contribution is -2.48. The summed E-state index contributed by atoms with van der Waals surface area (Å²) in [5.74, 6) is 0. The number of fused-ring (bicyclic) bond motifs is 1. The minimum Gasteiger partial charge on any atom is -0.321 e. The van der Waals surface area contributed by atoms with Crippen molar-refractivity contribution in [3.63, 3.8) is 0 Å². The molecule has 2 heterocycles. The summed E-state index contributed by atoms with van der Waals surface area (Å²) >= 11 is 0. The van der Waals surface area contributed by atoms with Gasteiger partial charge in [-0.25, -0.2) is 9.78 Å². The first-order valence-electron chi connectivity index (χ1n) is 6.15. The molecule has 5 heteroatoms. The van der Waals surface area contributed by atoms with Crippen LogP contribution in [0, 0.1) is 0 Å². The normalized spacial score (nSPS) is 17.3. The second kappa shape index (κ2) is 4.42. The van der Waals surface area contributed by atoms with E-state index in [9.17, 15) is 4.79 Å². The van der Waals surface area contributed by atoms with Crippen LogP contribution >= 0.6 is 0 Å². The summed E-state index contributed by atoms with van der Waals surface area (Å²) in [6.07, 6.45) is 1.62. The number of carbonyl (C=O) groups excluding carboxylic acids is 1. The largest absolute Gasteiger partial charge is 0.330 e. The topological polar surface area (TPSA) is 41.4 Å². The number of hydrogen-bond donors (Lipinski definition) is 0. The molecule has 5 nitrogen and oxygen atoms in total. The number of carbonyl (C=O) groups is 1. The third-order valence-corrected chi connectivity index (χ3v) is 3.43. The molecule has 0 bridgehead atoms. The van der Waals surface area contributed by atoms with E-state index >= 15 is 0 Å². The molecule has 3 rings (SSSR count). The predicted octanol–water partition coefficient (Wildman–Crippen LogP) is 1.25. The van der Waals surface area contributed by atoms with Gasteiger partial charge in [0.1, 0.15) is 6.33 Å². The first-order valence-corrected chi connectivity index (χ1v) is 6.15. The lowest BCUT2D eigenvalue weighted by atomic mass is 10.3. The Morgan fingerprint density at radius 1 is 1.17 bits per heavy atom. The highest BCUT2D eigenvalue weighted by atomic mass is 16.2. The van der Waals surface area contributed by atoms with E-state index in [4.69, 9.17) is 0 Å². The summed E-state index contributed by atoms with van der Waals surface area (Å²) in [4.78, 5) is 20.8. The third-order valence-electron chi connectivity index (χ3n) is 3.43. The molecule has 1 aliphatic heterocycles. The Balaban J connectivity index is 1.88. The number of hydrogen-bond acceptors (Lipinski definition) is 3. The molecule has 0 saturated carbocycles. The second-order valence-electron chi connectivity index (χ2n) is 4.68. The van der Waals surface area contributed by atoms with Crippen molar-refractivity contribution < 1.29 is 4.79 Å². The van der Waals surface area contributed by atoms with Crippen molar-refractivity contribution in [3.05, 3.63) is 30.6 Å². The van der Waals surface area contributed by atoms with E-state index in [-0.39, 0.29) is 6.03 Å². The third kappa shape index (κ3) is 1.86.